The fourth-order valence-corrected chi connectivity index (χ4v) is 1.81. The first kappa shape index (κ1) is 12.6. The smallest absolute Gasteiger partial charge is 0.134 e. The number of hydrogen-bond donors (Lipinski definition) is 2. The van der Waals surface area contributed by atoms with E-state index in [2.05, 4.69) is 10.4 Å². The molecule has 3 N–H and O–H groups in total. The Labute approximate surface area is 104 Å². The Balaban J connectivity index is 2.56. The van der Waals surface area contributed by atoms with Crippen molar-refractivity contribution in [3.63, 3.8) is 0 Å². The molecule has 0 aliphatic carbocycles. The van der Waals surface area contributed by atoms with Crippen LogP contribution in [0, 0.1) is 18.6 Å². The van der Waals surface area contributed by atoms with Gasteiger partial charge in [-0.15, -0.1) is 0 Å². The summed E-state index contributed by atoms with van der Waals surface area (Å²) in [6.07, 6.45) is 1.55. The molecular weight excluding hydrogens is 236 g/mol. The van der Waals surface area contributed by atoms with Crippen molar-refractivity contribution in [3.05, 3.63) is 65.0 Å². The Kier molecular flexibility index (Phi) is 3.64. The molecule has 0 saturated heterocycles. The molecule has 1 heterocycles. The largest absolute Gasteiger partial charge is 0.271 e. The van der Waals surface area contributed by atoms with Crippen molar-refractivity contribution in [1.82, 2.24) is 10.4 Å². The molecule has 0 aliphatic heterocycles. The van der Waals surface area contributed by atoms with Crippen LogP contribution in [0.1, 0.15) is 22.9 Å². The summed E-state index contributed by atoms with van der Waals surface area (Å²) in [7, 11) is 0. The molecule has 0 spiro atoms. The van der Waals surface area contributed by atoms with E-state index in [9.17, 15) is 8.78 Å². The lowest BCUT2D eigenvalue weighted by molar-refractivity contribution is 0.502. The first-order valence-corrected chi connectivity index (χ1v) is 5.46. The van der Waals surface area contributed by atoms with E-state index in [1.54, 1.807) is 31.3 Å². The first-order valence-electron chi connectivity index (χ1n) is 5.46. The lowest BCUT2D eigenvalue weighted by atomic mass is 10.00. The molecule has 5 heteroatoms. The molecule has 94 valence electrons. The number of halogens is 2. The van der Waals surface area contributed by atoms with Crippen molar-refractivity contribution < 1.29 is 8.78 Å². The van der Waals surface area contributed by atoms with Crippen LogP contribution in [0.5, 0.6) is 0 Å². The van der Waals surface area contributed by atoms with Crippen molar-refractivity contribution in [2.24, 2.45) is 5.84 Å². The van der Waals surface area contributed by atoms with Crippen LogP contribution < -0.4 is 11.3 Å². The zero-order valence-electron chi connectivity index (χ0n) is 9.82. The molecule has 1 unspecified atom stereocenters. The van der Waals surface area contributed by atoms with Crippen molar-refractivity contribution >= 4 is 0 Å². The average Bonchev–Trinajstić information content (AvgIpc) is 2.40. The van der Waals surface area contributed by atoms with Crippen LogP contribution in [0.25, 0.3) is 0 Å². The van der Waals surface area contributed by atoms with Gasteiger partial charge in [-0.05, 0) is 30.7 Å². The normalized spacial score (nSPS) is 12.4. The van der Waals surface area contributed by atoms with E-state index in [0.717, 1.165) is 0 Å². The monoisotopic (exact) mass is 249 g/mol. The molecule has 3 nitrogen and oxygen atoms in total. The van der Waals surface area contributed by atoms with E-state index >= 15 is 0 Å². The molecule has 0 radical (unpaired) electrons. The first-order chi connectivity index (χ1) is 8.65. The third-order valence-corrected chi connectivity index (χ3v) is 2.76. The highest BCUT2D eigenvalue weighted by Gasteiger charge is 2.22. The van der Waals surface area contributed by atoms with E-state index < -0.39 is 17.7 Å². The summed E-state index contributed by atoms with van der Waals surface area (Å²) in [6.45, 7) is 1.57. The Bertz CT molecular complexity index is 543. The number of nitrogens with two attached hydrogens (primary N) is 1. The van der Waals surface area contributed by atoms with Gasteiger partial charge in [0.2, 0.25) is 0 Å². The lowest BCUT2D eigenvalue weighted by Gasteiger charge is -2.18. The van der Waals surface area contributed by atoms with Gasteiger partial charge in [-0.3, -0.25) is 10.8 Å². The zero-order valence-corrected chi connectivity index (χ0v) is 9.82. The molecule has 18 heavy (non-hydrogen) atoms. The van der Waals surface area contributed by atoms with Gasteiger partial charge in [0, 0.05) is 11.8 Å². The third-order valence-electron chi connectivity index (χ3n) is 2.76. The maximum absolute atomic E-state index is 14.0. The fraction of sp³-hybridized carbons (Fsp3) is 0.154. The Morgan fingerprint density at radius 3 is 2.61 bits per heavy atom. The van der Waals surface area contributed by atoms with Gasteiger partial charge >= 0.3 is 0 Å². The van der Waals surface area contributed by atoms with Crippen LogP contribution >= 0.6 is 0 Å². The number of aromatic nitrogens is 1. The maximum Gasteiger partial charge on any atom is 0.134 e. The van der Waals surface area contributed by atoms with Gasteiger partial charge < -0.3 is 0 Å². The molecule has 0 aliphatic rings. The summed E-state index contributed by atoms with van der Waals surface area (Å²) < 4.78 is 27.8. The second kappa shape index (κ2) is 5.20. The highest BCUT2D eigenvalue weighted by molar-refractivity contribution is 5.33. The minimum Gasteiger partial charge on any atom is -0.271 e. The SMILES string of the molecule is Cc1ccc(F)c(C(NN)c2ccccn2)c1F. The highest BCUT2D eigenvalue weighted by Crippen LogP contribution is 2.26. The predicted octanol–water partition coefficient (Wildman–Crippen LogP) is 2.22. The quantitative estimate of drug-likeness (QED) is 0.647. The molecule has 2 aromatic rings. The molecule has 0 bridgehead atoms. The second-order valence-electron chi connectivity index (χ2n) is 3.95. The van der Waals surface area contributed by atoms with Crippen LogP contribution in [0.3, 0.4) is 0 Å². The van der Waals surface area contributed by atoms with Crippen LogP contribution in [-0.4, -0.2) is 4.98 Å². The number of hydrazine groups is 1. The van der Waals surface area contributed by atoms with Gasteiger partial charge in [-0.2, -0.15) is 0 Å². The third kappa shape index (κ3) is 2.23. The van der Waals surface area contributed by atoms with Gasteiger partial charge in [0.1, 0.15) is 11.6 Å². The summed E-state index contributed by atoms with van der Waals surface area (Å²) >= 11 is 0. The maximum atomic E-state index is 14.0. The molecule has 0 amide bonds. The van der Waals surface area contributed by atoms with E-state index in [-0.39, 0.29) is 5.56 Å². The van der Waals surface area contributed by atoms with Crippen molar-refractivity contribution in [2.75, 3.05) is 0 Å². The van der Waals surface area contributed by atoms with E-state index in [4.69, 9.17) is 5.84 Å². The van der Waals surface area contributed by atoms with E-state index in [1.807, 2.05) is 0 Å². The number of benzene rings is 1. The summed E-state index contributed by atoms with van der Waals surface area (Å²) in [5.74, 6) is 4.15. The summed E-state index contributed by atoms with van der Waals surface area (Å²) in [4.78, 5) is 4.06. The number of aryl methyl sites for hydroxylation is 1. The minimum atomic E-state index is -0.814. The lowest BCUT2D eigenvalue weighted by Crippen LogP contribution is -2.31. The number of nitrogens with zero attached hydrogens (tertiary/aromatic N) is 1. The summed E-state index contributed by atoms with van der Waals surface area (Å²) in [5, 5.41) is 0. The Hall–Kier alpha value is -1.85. The van der Waals surface area contributed by atoms with Gasteiger partial charge in [0.25, 0.3) is 0 Å². The predicted molar refractivity (Wildman–Crippen MR) is 64.5 cm³/mol. The second-order valence-corrected chi connectivity index (χ2v) is 3.95. The molecular formula is C13H13F2N3. The average molecular weight is 249 g/mol. The molecule has 1 aromatic heterocycles. The number of rotatable bonds is 3. The zero-order chi connectivity index (χ0) is 13.1. The van der Waals surface area contributed by atoms with Crippen LogP contribution in [0.2, 0.25) is 0 Å². The van der Waals surface area contributed by atoms with Gasteiger partial charge in [-0.1, -0.05) is 12.1 Å². The minimum absolute atomic E-state index is 0.115. The molecule has 2 rings (SSSR count). The molecule has 0 saturated carbocycles. The van der Waals surface area contributed by atoms with Gasteiger partial charge in [0.05, 0.1) is 11.7 Å². The van der Waals surface area contributed by atoms with Crippen molar-refractivity contribution in [2.45, 2.75) is 13.0 Å². The number of pyridine rings is 1. The van der Waals surface area contributed by atoms with Gasteiger partial charge in [0.15, 0.2) is 0 Å². The van der Waals surface area contributed by atoms with Crippen molar-refractivity contribution in [3.8, 4) is 0 Å². The van der Waals surface area contributed by atoms with Crippen molar-refractivity contribution in [1.29, 1.82) is 0 Å². The highest BCUT2D eigenvalue weighted by atomic mass is 19.1. The van der Waals surface area contributed by atoms with Crippen LogP contribution in [0.4, 0.5) is 8.78 Å². The van der Waals surface area contributed by atoms with Crippen LogP contribution in [-0.2, 0) is 0 Å². The standard InChI is InChI=1S/C13H13F2N3/c1-8-5-6-9(14)11(12(8)15)13(18-16)10-4-2-3-7-17-10/h2-7,13,18H,16H2,1H3. The Morgan fingerprint density at radius 1 is 1.22 bits per heavy atom. The fourth-order valence-electron chi connectivity index (χ4n) is 1.81. The van der Waals surface area contributed by atoms with E-state index in [1.165, 1.54) is 12.1 Å². The molecule has 1 aromatic carbocycles. The van der Waals surface area contributed by atoms with Gasteiger partial charge in [-0.25, -0.2) is 14.2 Å². The number of nitrogens with one attached hydrogen (secondary N) is 1. The molecule has 0 fully saturated rings. The van der Waals surface area contributed by atoms with Crippen LogP contribution in [0.15, 0.2) is 36.5 Å². The van der Waals surface area contributed by atoms with E-state index in [0.29, 0.717) is 11.3 Å². The number of hydrogen-bond acceptors (Lipinski definition) is 3. The Morgan fingerprint density at radius 2 is 2.00 bits per heavy atom. The molecule has 1 atom stereocenters. The summed E-state index contributed by atoms with van der Waals surface area (Å²) in [6, 6.07) is 6.91. The summed E-state index contributed by atoms with van der Waals surface area (Å²) in [5.41, 5.74) is 3.11. The topological polar surface area (TPSA) is 50.9 Å².